The number of nitrogens with zero attached hydrogens (tertiary/aromatic N) is 2. The van der Waals surface area contributed by atoms with E-state index in [2.05, 4.69) is 10.3 Å². The summed E-state index contributed by atoms with van der Waals surface area (Å²) in [6.07, 6.45) is 1.67. The van der Waals surface area contributed by atoms with Gasteiger partial charge in [0, 0.05) is 36.7 Å². The lowest BCUT2D eigenvalue weighted by atomic mass is 9.96. The van der Waals surface area contributed by atoms with Crippen LogP contribution >= 0.6 is 11.3 Å². The van der Waals surface area contributed by atoms with Crippen molar-refractivity contribution in [2.24, 2.45) is 5.41 Å². The number of ether oxygens (including phenoxy) is 2. The Morgan fingerprint density at radius 2 is 1.92 bits per heavy atom. The van der Waals surface area contributed by atoms with E-state index in [1.54, 1.807) is 0 Å². The molecule has 138 valence electrons. The Morgan fingerprint density at radius 1 is 1.28 bits per heavy atom. The van der Waals surface area contributed by atoms with Gasteiger partial charge in [0.15, 0.2) is 10.9 Å². The van der Waals surface area contributed by atoms with Gasteiger partial charge in [0.05, 0.1) is 25.3 Å². The predicted octanol–water partition coefficient (Wildman–Crippen LogP) is 2.04. The number of likely N-dealkylation sites (tertiary alicyclic amines) is 1. The van der Waals surface area contributed by atoms with Crippen LogP contribution in [0.2, 0.25) is 0 Å². The van der Waals surface area contributed by atoms with Crippen molar-refractivity contribution in [2.45, 2.75) is 45.8 Å². The number of thiazole rings is 1. The van der Waals surface area contributed by atoms with Crippen LogP contribution in [0.5, 0.6) is 0 Å². The fourth-order valence-corrected chi connectivity index (χ4v) is 3.58. The molecule has 2 amide bonds. The number of carbonyl (C=O) groups excluding carboxylic acids is 2. The van der Waals surface area contributed by atoms with Crippen molar-refractivity contribution in [1.29, 1.82) is 0 Å². The average molecular weight is 367 g/mol. The third-order valence-electron chi connectivity index (χ3n) is 4.48. The van der Waals surface area contributed by atoms with Crippen LogP contribution in [0.15, 0.2) is 5.38 Å². The highest BCUT2D eigenvalue weighted by molar-refractivity contribution is 7.13. The highest BCUT2D eigenvalue weighted by Crippen LogP contribution is 2.31. The van der Waals surface area contributed by atoms with Crippen molar-refractivity contribution >= 4 is 28.3 Å². The molecule has 2 fully saturated rings. The minimum absolute atomic E-state index is 0.0480. The fraction of sp³-hybridized carbons (Fsp3) is 0.706. The summed E-state index contributed by atoms with van der Waals surface area (Å²) >= 11 is 1.34. The highest BCUT2D eigenvalue weighted by atomic mass is 32.1. The molecule has 1 spiro atoms. The predicted molar refractivity (Wildman–Crippen MR) is 94.4 cm³/mol. The number of rotatable bonds is 3. The van der Waals surface area contributed by atoms with Gasteiger partial charge in [-0.3, -0.25) is 9.59 Å². The van der Waals surface area contributed by atoms with Crippen LogP contribution in [0.4, 0.5) is 5.13 Å². The summed E-state index contributed by atoms with van der Waals surface area (Å²) < 4.78 is 11.4. The van der Waals surface area contributed by atoms with E-state index < -0.39 is 11.2 Å². The van der Waals surface area contributed by atoms with Gasteiger partial charge in [0.1, 0.15) is 0 Å². The molecule has 2 aliphatic rings. The Hall–Kier alpha value is -1.51. The number of amides is 2. The van der Waals surface area contributed by atoms with Crippen LogP contribution in [-0.4, -0.2) is 53.8 Å². The monoisotopic (exact) mass is 367 g/mol. The highest BCUT2D eigenvalue weighted by Gasteiger charge is 2.40. The van der Waals surface area contributed by atoms with Gasteiger partial charge in [-0.25, -0.2) is 4.98 Å². The normalized spacial score (nSPS) is 20.0. The average Bonchev–Trinajstić information content (AvgIpc) is 3.17. The second-order valence-electron chi connectivity index (χ2n) is 7.51. The summed E-state index contributed by atoms with van der Waals surface area (Å²) in [5, 5.41) is 5.16. The minimum atomic E-state index is -0.476. The first-order valence-corrected chi connectivity index (χ1v) is 9.47. The maximum atomic E-state index is 12.5. The number of hydrogen-bond donors (Lipinski definition) is 1. The molecule has 2 aliphatic heterocycles. The van der Waals surface area contributed by atoms with E-state index in [9.17, 15) is 9.59 Å². The van der Waals surface area contributed by atoms with Crippen LogP contribution in [0.3, 0.4) is 0 Å². The van der Waals surface area contributed by atoms with E-state index in [0.29, 0.717) is 50.0 Å². The summed E-state index contributed by atoms with van der Waals surface area (Å²) in [6.45, 7) is 8.09. The molecule has 0 bridgehead atoms. The summed E-state index contributed by atoms with van der Waals surface area (Å²) in [5.74, 6) is -0.508. The molecular formula is C17H25N3O4S. The first-order chi connectivity index (χ1) is 11.8. The zero-order chi connectivity index (χ0) is 18.1. The zero-order valence-corrected chi connectivity index (χ0v) is 15.8. The molecule has 0 radical (unpaired) electrons. The third-order valence-corrected chi connectivity index (χ3v) is 5.28. The van der Waals surface area contributed by atoms with E-state index in [1.807, 2.05) is 31.1 Å². The molecule has 0 aromatic carbocycles. The lowest BCUT2D eigenvalue weighted by Gasteiger charge is -2.37. The third kappa shape index (κ3) is 4.37. The van der Waals surface area contributed by atoms with Crippen molar-refractivity contribution in [3.8, 4) is 0 Å². The van der Waals surface area contributed by atoms with Gasteiger partial charge in [-0.15, -0.1) is 11.3 Å². The number of carbonyl (C=O) groups is 2. The molecule has 7 nitrogen and oxygen atoms in total. The molecule has 0 aliphatic carbocycles. The summed E-state index contributed by atoms with van der Waals surface area (Å²) in [6, 6.07) is 0. The number of anilines is 1. The molecule has 1 aromatic heterocycles. The van der Waals surface area contributed by atoms with Crippen molar-refractivity contribution in [1.82, 2.24) is 9.88 Å². The topological polar surface area (TPSA) is 80.8 Å². The minimum Gasteiger partial charge on any atom is -0.347 e. The molecule has 8 heteroatoms. The maximum absolute atomic E-state index is 12.5. The molecule has 1 aromatic rings. The van der Waals surface area contributed by atoms with E-state index >= 15 is 0 Å². The number of piperidine rings is 1. The van der Waals surface area contributed by atoms with Gasteiger partial charge in [-0.2, -0.15) is 0 Å². The summed E-state index contributed by atoms with van der Waals surface area (Å²) in [4.78, 5) is 30.7. The van der Waals surface area contributed by atoms with Crippen LogP contribution in [0, 0.1) is 5.41 Å². The molecule has 3 rings (SSSR count). The second kappa shape index (κ2) is 7.01. The molecular weight excluding hydrogens is 342 g/mol. The smallest absolute Gasteiger partial charge is 0.231 e. The molecule has 0 unspecified atom stereocenters. The van der Waals surface area contributed by atoms with Gasteiger partial charge in [-0.05, 0) is 0 Å². The second-order valence-corrected chi connectivity index (χ2v) is 8.37. The zero-order valence-electron chi connectivity index (χ0n) is 15.0. The van der Waals surface area contributed by atoms with Gasteiger partial charge < -0.3 is 19.7 Å². The SMILES string of the molecule is CC(C)(C)C(=O)Nc1nc(CC(=O)N2CCC3(CC2)OCCO3)cs1. The van der Waals surface area contributed by atoms with Gasteiger partial charge in [0.25, 0.3) is 0 Å². The van der Waals surface area contributed by atoms with Gasteiger partial charge >= 0.3 is 0 Å². The van der Waals surface area contributed by atoms with Crippen molar-refractivity contribution in [3.63, 3.8) is 0 Å². The van der Waals surface area contributed by atoms with Crippen molar-refractivity contribution in [2.75, 3.05) is 31.6 Å². The lowest BCUT2D eigenvalue weighted by molar-refractivity contribution is -0.187. The van der Waals surface area contributed by atoms with Gasteiger partial charge in [-0.1, -0.05) is 20.8 Å². The number of aromatic nitrogens is 1. The Morgan fingerprint density at radius 3 is 2.52 bits per heavy atom. The molecule has 0 saturated carbocycles. The van der Waals surface area contributed by atoms with Crippen LogP contribution in [-0.2, 0) is 25.5 Å². The Balaban J connectivity index is 1.51. The lowest BCUT2D eigenvalue weighted by Crippen LogP contribution is -2.47. The van der Waals surface area contributed by atoms with E-state index in [1.165, 1.54) is 11.3 Å². The largest absolute Gasteiger partial charge is 0.347 e. The summed E-state index contributed by atoms with van der Waals surface area (Å²) in [7, 11) is 0. The van der Waals surface area contributed by atoms with Crippen molar-refractivity contribution in [3.05, 3.63) is 11.1 Å². The first-order valence-electron chi connectivity index (χ1n) is 8.59. The molecule has 0 atom stereocenters. The standard InChI is InChI=1S/C17H25N3O4S/c1-16(2,3)14(22)19-15-18-12(11-25-15)10-13(21)20-6-4-17(5-7-20)23-8-9-24-17/h11H,4-10H2,1-3H3,(H,18,19,22). The van der Waals surface area contributed by atoms with Crippen LogP contribution < -0.4 is 5.32 Å². The molecule has 25 heavy (non-hydrogen) atoms. The van der Waals surface area contributed by atoms with E-state index in [0.717, 1.165) is 0 Å². The van der Waals surface area contributed by atoms with Crippen LogP contribution in [0.1, 0.15) is 39.3 Å². The Labute approximate surface area is 151 Å². The number of nitrogens with one attached hydrogen (secondary N) is 1. The molecule has 1 N–H and O–H groups in total. The Bertz CT molecular complexity index is 637. The first kappa shape index (κ1) is 18.3. The summed E-state index contributed by atoms with van der Waals surface area (Å²) in [5.41, 5.74) is 0.211. The molecule has 2 saturated heterocycles. The van der Waals surface area contributed by atoms with Crippen molar-refractivity contribution < 1.29 is 19.1 Å². The maximum Gasteiger partial charge on any atom is 0.231 e. The van der Waals surface area contributed by atoms with Gasteiger partial charge in [0.2, 0.25) is 11.8 Å². The quantitative estimate of drug-likeness (QED) is 0.884. The van der Waals surface area contributed by atoms with E-state index in [4.69, 9.17) is 9.47 Å². The number of hydrogen-bond acceptors (Lipinski definition) is 6. The molecule has 3 heterocycles. The van der Waals surface area contributed by atoms with E-state index in [-0.39, 0.29) is 18.2 Å². The fourth-order valence-electron chi connectivity index (χ4n) is 2.88. The Kier molecular flexibility index (Phi) is 5.13. The van der Waals surface area contributed by atoms with Crippen LogP contribution in [0.25, 0.3) is 0 Å².